The average molecular weight is 316 g/mol. The van der Waals surface area contributed by atoms with Crippen LogP contribution < -0.4 is 5.32 Å². The minimum Gasteiger partial charge on any atom is -0.314 e. The number of piperidine rings is 1. The van der Waals surface area contributed by atoms with Crippen molar-refractivity contribution in [2.45, 2.75) is 51.1 Å². The number of nitrogens with one attached hydrogen (secondary N) is 1. The van der Waals surface area contributed by atoms with Gasteiger partial charge in [0.15, 0.2) is 0 Å². The lowest BCUT2D eigenvalue weighted by Crippen LogP contribution is -2.57. The van der Waals surface area contributed by atoms with E-state index in [2.05, 4.69) is 52.4 Å². The van der Waals surface area contributed by atoms with E-state index in [-0.39, 0.29) is 0 Å². The highest BCUT2D eigenvalue weighted by atomic mass is 15.3. The molecule has 2 saturated heterocycles. The summed E-state index contributed by atoms with van der Waals surface area (Å²) in [6, 6.07) is 12.5. The summed E-state index contributed by atoms with van der Waals surface area (Å²) in [6.07, 6.45) is 6.56. The highest BCUT2D eigenvalue weighted by Gasteiger charge is 2.30. The maximum atomic E-state index is 3.58. The Balaban J connectivity index is 1.44. The molecule has 0 aromatic heterocycles. The molecule has 0 amide bonds. The monoisotopic (exact) mass is 315 g/mol. The highest BCUT2D eigenvalue weighted by Crippen LogP contribution is 2.22. The van der Waals surface area contributed by atoms with Gasteiger partial charge in [0.25, 0.3) is 0 Å². The van der Waals surface area contributed by atoms with E-state index < -0.39 is 0 Å². The molecule has 0 spiro atoms. The van der Waals surface area contributed by atoms with Crippen LogP contribution in [0.25, 0.3) is 0 Å². The van der Waals surface area contributed by atoms with Crippen molar-refractivity contribution in [3.05, 3.63) is 35.9 Å². The molecule has 128 valence electrons. The van der Waals surface area contributed by atoms with Gasteiger partial charge < -0.3 is 10.2 Å². The third-order valence-corrected chi connectivity index (χ3v) is 5.60. The summed E-state index contributed by atoms with van der Waals surface area (Å²) in [5, 5.41) is 3.58. The summed E-state index contributed by atoms with van der Waals surface area (Å²) < 4.78 is 0. The van der Waals surface area contributed by atoms with Gasteiger partial charge in [0.2, 0.25) is 0 Å². The van der Waals surface area contributed by atoms with Crippen LogP contribution in [0, 0.1) is 0 Å². The fourth-order valence-electron chi connectivity index (χ4n) is 4.26. The van der Waals surface area contributed by atoms with Crippen molar-refractivity contribution in [2.75, 3.05) is 39.3 Å². The van der Waals surface area contributed by atoms with Crippen LogP contribution in [0.5, 0.6) is 0 Å². The van der Waals surface area contributed by atoms with Gasteiger partial charge in [-0.05, 0) is 44.3 Å². The number of piperazine rings is 1. The van der Waals surface area contributed by atoms with Gasteiger partial charge in [-0.2, -0.15) is 0 Å². The zero-order chi connectivity index (χ0) is 15.9. The summed E-state index contributed by atoms with van der Waals surface area (Å²) >= 11 is 0. The van der Waals surface area contributed by atoms with E-state index in [9.17, 15) is 0 Å². The zero-order valence-electron chi connectivity index (χ0n) is 14.7. The Hall–Kier alpha value is -0.900. The molecule has 3 rings (SSSR count). The largest absolute Gasteiger partial charge is 0.314 e. The molecular weight excluding hydrogens is 282 g/mol. The predicted molar refractivity (Wildman–Crippen MR) is 97.9 cm³/mol. The SMILES string of the molecule is CCC[C@H]1CNCCN1C1CCN(CCc2ccccc2)CC1. The van der Waals surface area contributed by atoms with Crippen molar-refractivity contribution in [1.82, 2.24) is 15.1 Å². The van der Waals surface area contributed by atoms with Crippen LogP contribution in [0.3, 0.4) is 0 Å². The van der Waals surface area contributed by atoms with Crippen molar-refractivity contribution in [2.24, 2.45) is 0 Å². The van der Waals surface area contributed by atoms with E-state index in [1.165, 1.54) is 76.9 Å². The zero-order valence-corrected chi connectivity index (χ0v) is 14.7. The van der Waals surface area contributed by atoms with Gasteiger partial charge in [-0.25, -0.2) is 0 Å². The van der Waals surface area contributed by atoms with Gasteiger partial charge in [0.05, 0.1) is 0 Å². The van der Waals surface area contributed by atoms with Gasteiger partial charge in [-0.1, -0.05) is 43.7 Å². The number of benzene rings is 1. The molecule has 2 fully saturated rings. The number of likely N-dealkylation sites (tertiary alicyclic amines) is 1. The fraction of sp³-hybridized carbons (Fsp3) is 0.700. The van der Waals surface area contributed by atoms with Crippen molar-refractivity contribution in [3.63, 3.8) is 0 Å². The van der Waals surface area contributed by atoms with Crippen LogP contribution in [-0.2, 0) is 6.42 Å². The molecule has 23 heavy (non-hydrogen) atoms. The molecule has 2 heterocycles. The molecule has 3 nitrogen and oxygen atoms in total. The lowest BCUT2D eigenvalue weighted by molar-refractivity contribution is 0.0544. The number of hydrogen-bond acceptors (Lipinski definition) is 3. The Kier molecular flexibility index (Phi) is 6.49. The van der Waals surface area contributed by atoms with E-state index in [1.54, 1.807) is 0 Å². The van der Waals surface area contributed by atoms with Crippen LogP contribution in [0.15, 0.2) is 30.3 Å². The summed E-state index contributed by atoms with van der Waals surface area (Å²) in [4.78, 5) is 5.50. The Morgan fingerprint density at radius 3 is 2.61 bits per heavy atom. The van der Waals surface area contributed by atoms with Gasteiger partial charge in [-0.3, -0.25) is 4.90 Å². The maximum Gasteiger partial charge on any atom is 0.0224 e. The summed E-state index contributed by atoms with van der Waals surface area (Å²) in [5.74, 6) is 0. The van der Waals surface area contributed by atoms with Gasteiger partial charge in [0, 0.05) is 38.3 Å². The fourth-order valence-corrected chi connectivity index (χ4v) is 4.26. The van der Waals surface area contributed by atoms with Crippen molar-refractivity contribution >= 4 is 0 Å². The third kappa shape index (κ3) is 4.79. The molecule has 2 aliphatic rings. The second kappa shape index (κ2) is 8.81. The van der Waals surface area contributed by atoms with E-state index in [4.69, 9.17) is 0 Å². The van der Waals surface area contributed by atoms with E-state index in [0.717, 1.165) is 12.1 Å². The topological polar surface area (TPSA) is 18.5 Å². The lowest BCUT2D eigenvalue weighted by Gasteiger charge is -2.45. The Labute approximate surface area is 142 Å². The molecule has 0 unspecified atom stereocenters. The first-order valence-corrected chi connectivity index (χ1v) is 9.59. The molecule has 0 saturated carbocycles. The first-order chi connectivity index (χ1) is 11.4. The molecule has 0 bridgehead atoms. The van der Waals surface area contributed by atoms with Crippen LogP contribution in [0.1, 0.15) is 38.2 Å². The Morgan fingerprint density at radius 1 is 1.09 bits per heavy atom. The highest BCUT2D eigenvalue weighted by molar-refractivity contribution is 5.14. The molecule has 1 N–H and O–H groups in total. The number of hydrogen-bond donors (Lipinski definition) is 1. The summed E-state index contributed by atoms with van der Waals surface area (Å²) in [5.41, 5.74) is 1.47. The molecule has 1 aromatic rings. The minimum absolute atomic E-state index is 0.773. The summed E-state index contributed by atoms with van der Waals surface area (Å²) in [6.45, 7) is 9.71. The summed E-state index contributed by atoms with van der Waals surface area (Å²) in [7, 11) is 0. The lowest BCUT2D eigenvalue weighted by atomic mass is 9.97. The maximum absolute atomic E-state index is 3.58. The molecule has 0 radical (unpaired) electrons. The minimum atomic E-state index is 0.773. The van der Waals surface area contributed by atoms with Gasteiger partial charge >= 0.3 is 0 Å². The van der Waals surface area contributed by atoms with Crippen LogP contribution in [-0.4, -0.2) is 61.2 Å². The molecule has 0 aliphatic carbocycles. The Morgan fingerprint density at radius 2 is 1.87 bits per heavy atom. The van der Waals surface area contributed by atoms with E-state index >= 15 is 0 Å². The normalized spacial score (nSPS) is 24.8. The van der Waals surface area contributed by atoms with Crippen molar-refractivity contribution in [1.29, 1.82) is 0 Å². The molecular formula is C20H33N3. The second-order valence-electron chi connectivity index (χ2n) is 7.19. The molecule has 3 heteroatoms. The number of rotatable bonds is 6. The first-order valence-electron chi connectivity index (χ1n) is 9.59. The van der Waals surface area contributed by atoms with Crippen LogP contribution >= 0.6 is 0 Å². The predicted octanol–water partition coefficient (Wildman–Crippen LogP) is 2.77. The van der Waals surface area contributed by atoms with E-state index in [0.29, 0.717) is 0 Å². The smallest absolute Gasteiger partial charge is 0.0224 e. The quantitative estimate of drug-likeness (QED) is 0.871. The standard InChI is InChI=1S/C20H33N3/c1-2-6-20-17-21-12-16-23(20)19-10-14-22(15-11-19)13-9-18-7-4-3-5-8-18/h3-5,7-8,19-21H,2,6,9-17H2,1H3/t20-/m0/s1. The molecule has 1 atom stereocenters. The van der Waals surface area contributed by atoms with Crippen LogP contribution in [0.2, 0.25) is 0 Å². The second-order valence-corrected chi connectivity index (χ2v) is 7.19. The average Bonchev–Trinajstić information content (AvgIpc) is 2.62. The Bertz CT molecular complexity index is 437. The van der Waals surface area contributed by atoms with E-state index in [1.807, 2.05) is 0 Å². The van der Waals surface area contributed by atoms with Crippen molar-refractivity contribution in [3.8, 4) is 0 Å². The first kappa shape index (κ1) is 16.9. The van der Waals surface area contributed by atoms with Crippen molar-refractivity contribution < 1.29 is 0 Å². The molecule has 1 aromatic carbocycles. The van der Waals surface area contributed by atoms with Gasteiger partial charge in [0.1, 0.15) is 0 Å². The third-order valence-electron chi connectivity index (χ3n) is 5.60. The number of nitrogens with zero attached hydrogens (tertiary/aromatic N) is 2. The molecule has 2 aliphatic heterocycles. The van der Waals surface area contributed by atoms with Crippen LogP contribution in [0.4, 0.5) is 0 Å². The van der Waals surface area contributed by atoms with Gasteiger partial charge in [-0.15, -0.1) is 0 Å².